The van der Waals surface area contributed by atoms with Gasteiger partial charge in [-0.15, -0.1) is 0 Å². The number of rotatable bonds is 5. The summed E-state index contributed by atoms with van der Waals surface area (Å²) in [6.45, 7) is 9.29. The molecule has 18 heavy (non-hydrogen) atoms. The van der Waals surface area contributed by atoms with Gasteiger partial charge < -0.3 is 10.4 Å². The SMILES string of the molecule is Cc1n[nH]c(C)c1CC(C)C(=O)NC(C)(C)CO. The lowest BCUT2D eigenvalue weighted by Crippen LogP contribution is -2.48. The van der Waals surface area contributed by atoms with Crippen LogP contribution in [0, 0.1) is 19.8 Å². The Labute approximate surface area is 108 Å². The first kappa shape index (κ1) is 14.7. The maximum Gasteiger partial charge on any atom is 0.223 e. The van der Waals surface area contributed by atoms with E-state index in [2.05, 4.69) is 15.5 Å². The molecular weight excluding hydrogens is 230 g/mol. The number of H-pyrrole nitrogens is 1. The van der Waals surface area contributed by atoms with E-state index in [1.807, 2.05) is 20.8 Å². The molecule has 5 heteroatoms. The van der Waals surface area contributed by atoms with Gasteiger partial charge >= 0.3 is 0 Å². The molecule has 3 N–H and O–H groups in total. The summed E-state index contributed by atoms with van der Waals surface area (Å²) in [5, 5.41) is 19.0. The zero-order valence-electron chi connectivity index (χ0n) is 11.8. The molecule has 1 rings (SSSR count). The quantitative estimate of drug-likeness (QED) is 0.735. The summed E-state index contributed by atoms with van der Waals surface area (Å²) in [5.74, 6) is -0.195. The largest absolute Gasteiger partial charge is 0.394 e. The fraction of sp³-hybridized carbons (Fsp3) is 0.692. The van der Waals surface area contributed by atoms with Crippen LogP contribution in [0.1, 0.15) is 37.7 Å². The fourth-order valence-electron chi connectivity index (χ4n) is 1.77. The topological polar surface area (TPSA) is 78.0 Å². The molecule has 0 saturated heterocycles. The predicted molar refractivity (Wildman–Crippen MR) is 70.2 cm³/mol. The molecule has 5 nitrogen and oxygen atoms in total. The lowest BCUT2D eigenvalue weighted by molar-refractivity contribution is -0.126. The van der Waals surface area contributed by atoms with Crippen molar-refractivity contribution in [2.75, 3.05) is 6.61 Å². The van der Waals surface area contributed by atoms with Crippen LogP contribution in [0.2, 0.25) is 0 Å². The first-order chi connectivity index (χ1) is 8.26. The first-order valence-electron chi connectivity index (χ1n) is 6.20. The molecule has 0 aliphatic heterocycles. The molecule has 0 aliphatic rings. The molecule has 102 valence electrons. The van der Waals surface area contributed by atoms with Crippen LogP contribution in [0.5, 0.6) is 0 Å². The van der Waals surface area contributed by atoms with E-state index in [4.69, 9.17) is 5.11 Å². The van der Waals surface area contributed by atoms with E-state index < -0.39 is 5.54 Å². The minimum Gasteiger partial charge on any atom is -0.394 e. The van der Waals surface area contributed by atoms with Gasteiger partial charge in [0.25, 0.3) is 0 Å². The number of hydrogen-bond donors (Lipinski definition) is 3. The van der Waals surface area contributed by atoms with Gasteiger partial charge in [0.05, 0.1) is 17.8 Å². The van der Waals surface area contributed by atoms with Crippen molar-refractivity contribution in [3.05, 3.63) is 17.0 Å². The van der Waals surface area contributed by atoms with Gasteiger partial charge in [-0.3, -0.25) is 9.89 Å². The molecule has 0 saturated carbocycles. The molecule has 1 atom stereocenters. The highest BCUT2D eigenvalue weighted by atomic mass is 16.3. The highest BCUT2D eigenvalue weighted by molar-refractivity contribution is 5.79. The van der Waals surface area contributed by atoms with Gasteiger partial charge in [-0.05, 0) is 39.7 Å². The maximum atomic E-state index is 12.0. The molecule has 1 aromatic heterocycles. The second-order valence-corrected chi connectivity index (χ2v) is 5.55. The Morgan fingerprint density at radius 3 is 2.56 bits per heavy atom. The third-order valence-electron chi connectivity index (χ3n) is 3.10. The molecule has 1 aromatic rings. The summed E-state index contributed by atoms with van der Waals surface area (Å²) in [5.41, 5.74) is 2.47. The average molecular weight is 253 g/mol. The minimum absolute atomic E-state index is 0.0472. The third kappa shape index (κ3) is 3.57. The molecule has 0 aliphatic carbocycles. The zero-order valence-corrected chi connectivity index (χ0v) is 11.8. The number of aliphatic hydroxyl groups excluding tert-OH is 1. The van der Waals surface area contributed by atoms with E-state index in [0.717, 1.165) is 17.0 Å². The summed E-state index contributed by atoms with van der Waals surface area (Å²) < 4.78 is 0. The zero-order chi connectivity index (χ0) is 13.9. The van der Waals surface area contributed by atoms with E-state index in [1.165, 1.54) is 0 Å². The van der Waals surface area contributed by atoms with Gasteiger partial charge in [0.15, 0.2) is 0 Å². The monoisotopic (exact) mass is 253 g/mol. The van der Waals surface area contributed by atoms with Crippen LogP contribution in [-0.4, -0.2) is 33.4 Å². The summed E-state index contributed by atoms with van der Waals surface area (Å²) in [6.07, 6.45) is 0.654. The number of aliphatic hydroxyl groups is 1. The van der Waals surface area contributed by atoms with Crippen molar-refractivity contribution in [2.45, 2.75) is 46.6 Å². The Bertz CT molecular complexity index is 404. The van der Waals surface area contributed by atoms with Crippen LogP contribution >= 0.6 is 0 Å². The van der Waals surface area contributed by atoms with Crippen LogP contribution in [-0.2, 0) is 11.2 Å². The van der Waals surface area contributed by atoms with Crippen molar-refractivity contribution in [2.24, 2.45) is 5.92 Å². The van der Waals surface area contributed by atoms with E-state index in [1.54, 1.807) is 13.8 Å². The lowest BCUT2D eigenvalue weighted by Gasteiger charge is -2.25. The number of aromatic amines is 1. The van der Waals surface area contributed by atoms with Crippen LogP contribution in [0.3, 0.4) is 0 Å². The van der Waals surface area contributed by atoms with Crippen LogP contribution in [0.25, 0.3) is 0 Å². The number of aromatic nitrogens is 2. The number of carbonyl (C=O) groups excluding carboxylic acids is 1. The van der Waals surface area contributed by atoms with Gasteiger partial charge in [0, 0.05) is 11.6 Å². The molecule has 0 fully saturated rings. The van der Waals surface area contributed by atoms with Crippen LogP contribution in [0.15, 0.2) is 0 Å². The number of aryl methyl sites for hydroxylation is 2. The van der Waals surface area contributed by atoms with E-state index >= 15 is 0 Å². The molecule has 0 radical (unpaired) electrons. The van der Waals surface area contributed by atoms with Crippen LogP contribution < -0.4 is 5.32 Å². The normalized spacial score (nSPS) is 13.4. The Balaban J connectivity index is 2.66. The minimum atomic E-state index is -0.578. The number of hydrogen-bond acceptors (Lipinski definition) is 3. The second kappa shape index (κ2) is 5.52. The standard InChI is InChI=1S/C13H23N3O2/c1-8(12(18)14-13(4,5)7-17)6-11-9(2)15-16-10(11)3/h8,17H,6-7H2,1-5H3,(H,14,18)(H,15,16). The highest BCUT2D eigenvalue weighted by Crippen LogP contribution is 2.16. The van der Waals surface area contributed by atoms with Gasteiger partial charge in [-0.25, -0.2) is 0 Å². The summed E-state index contributed by atoms with van der Waals surface area (Å²) in [7, 11) is 0. The van der Waals surface area contributed by atoms with Crippen molar-refractivity contribution < 1.29 is 9.90 Å². The van der Waals surface area contributed by atoms with E-state index in [9.17, 15) is 4.79 Å². The van der Waals surface area contributed by atoms with Crippen molar-refractivity contribution in [1.29, 1.82) is 0 Å². The third-order valence-corrected chi connectivity index (χ3v) is 3.10. The Morgan fingerprint density at radius 1 is 1.50 bits per heavy atom. The predicted octanol–water partition coefficient (Wildman–Crippen LogP) is 1.09. The number of nitrogens with zero attached hydrogens (tertiary/aromatic N) is 1. The Kier molecular flexibility index (Phi) is 4.51. The Morgan fingerprint density at radius 2 is 2.11 bits per heavy atom. The molecular formula is C13H23N3O2. The molecule has 0 spiro atoms. The van der Waals surface area contributed by atoms with Gasteiger partial charge in [0.2, 0.25) is 5.91 Å². The second-order valence-electron chi connectivity index (χ2n) is 5.55. The van der Waals surface area contributed by atoms with Crippen molar-refractivity contribution in [3.63, 3.8) is 0 Å². The fourth-order valence-corrected chi connectivity index (χ4v) is 1.77. The van der Waals surface area contributed by atoms with E-state index in [0.29, 0.717) is 6.42 Å². The lowest BCUT2D eigenvalue weighted by atomic mass is 9.97. The van der Waals surface area contributed by atoms with Crippen molar-refractivity contribution >= 4 is 5.91 Å². The molecule has 0 bridgehead atoms. The van der Waals surface area contributed by atoms with Crippen molar-refractivity contribution in [1.82, 2.24) is 15.5 Å². The highest BCUT2D eigenvalue weighted by Gasteiger charge is 2.23. The Hall–Kier alpha value is -1.36. The summed E-state index contributed by atoms with van der Waals surface area (Å²) >= 11 is 0. The number of nitrogens with one attached hydrogen (secondary N) is 2. The summed E-state index contributed by atoms with van der Waals surface area (Å²) in [6, 6.07) is 0. The van der Waals surface area contributed by atoms with Gasteiger partial charge in [0.1, 0.15) is 0 Å². The summed E-state index contributed by atoms with van der Waals surface area (Å²) in [4.78, 5) is 12.0. The number of carbonyl (C=O) groups is 1. The van der Waals surface area contributed by atoms with Crippen molar-refractivity contribution in [3.8, 4) is 0 Å². The molecule has 0 aromatic carbocycles. The van der Waals surface area contributed by atoms with Crippen LogP contribution in [0.4, 0.5) is 0 Å². The first-order valence-corrected chi connectivity index (χ1v) is 6.20. The molecule has 1 unspecified atom stereocenters. The molecule has 1 amide bonds. The average Bonchev–Trinajstić information content (AvgIpc) is 2.60. The number of amides is 1. The van der Waals surface area contributed by atoms with Gasteiger partial charge in [-0.2, -0.15) is 5.10 Å². The molecule has 1 heterocycles. The van der Waals surface area contributed by atoms with Gasteiger partial charge in [-0.1, -0.05) is 6.92 Å². The van der Waals surface area contributed by atoms with E-state index in [-0.39, 0.29) is 18.4 Å². The smallest absolute Gasteiger partial charge is 0.223 e. The maximum absolute atomic E-state index is 12.0.